The molecule has 3 nitrogen and oxygen atoms in total. The Balaban J connectivity index is 0.00000361. The third-order valence-corrected chi connectivity index (χ3v) is 2.85. The molecular formula is C14H18BrFIN3. The number of nitrogens with zero attached hydrogens (tertiary/aromatic N) is 1. The third-order valence-electron chi connectivity index (χ3n) is 2.36. The Labute approximate surface area is 145 Å². The zero-order valence-corrected chi connectivity index (χ0v) is 15.2. The summed E-state index contributed by atoms with van der Waals surface area (Å²) < 4.78 is 14.4. The van der Waals surface area contributed by atoms with Gasteiger partial charge in [-0.05, 0) is 37.1 Å². The van der Waals surface area contributed by atoms with Crippen LogP contribution in [-0.4, -0.2) is 25.6 Å². The van der Waals surface area contributed by atoms with Crippen molar-refractivity contribution in [2.75, 3.05) is 19.6 Å². The highest BCUT2D eigenvalue weighted by molar-refractivity contribution is 14.0. The molecule has 0 fully saturated rings. The van der Waals surface area contributed by atoms with Gasteiger partial charge < -0.3 is 10.6 Å². The molecule has 0 amide bonds. The Morgan fingerprint density at radius 3 is 2.85 bits per heavy atom. The quantitative estimate of drug-likeness (QED) is 0.311. The van der Waals surface area contributed by atoms with Crippen molar-refractivity contribution in [3.05, 3.63) is 34.1 Å². The average Bonchev–Trinajstić information content (AvgIpc) is 2.40. The van der Waals surface area contributed by atoms with Crippen LogP contribution in [0.3, 0.4) is 0 Å². The van der Waals surface area contributed by atoms with E-state index in [1.165, 1.54) is 6.07 Å². The molecule has 110 valence electrons. The van der Waals surface area contributed by atoms with Crippen LogP contribution in [0, 0.1) is 18.2 Å². The van der Waals surface area contributed by atoms with E-state index >= 15 is 0 Å². The lowest BCUT2D eigenvalue weighted by Crippen LogP contribution is -2.37. The summed E-state index contributed by atoms with van der Waals surface area (Å²) >= 11 is 3.33. The summed E-state index contributed by atoms with van der Waals surface area (Å²) in [5.74, 6) is 2.92. The zero-order valence-electron chi connectivity index (χ0n) is 11.2. The van der Waals surface area contributed by atoms with Crippen molar-refractivity contribution >= 4 is 45.9 Å². The first-order valence-electron chi connectivity index (χ1n) is 6.07. The topological polar surface area (TPSA) is 36.4 Å². The lowest BCUT2D eigenvalue weighted by Gasteiger charge is -2.09. The molecule has 0 radical (unpaired) electrons. The fourth-order valence-electron chi connectivity index (χ4n) is 1.50. The van der Waals surface area contributed by atoms with E-state index in [4.69, 9.17) is 6.42 Å². The van der Waals surface area contributed by atoms with Crippen LogP contribution in [0.25, 0.3) is 0 Å². The van der Waals surface area contributed by atoms with Crippen LogP contribution in [0.4, 0.5) is 4.39 Å². The Bertz CT molecular complexity index is 486. The normalized spacial score (nSPS) is 10.4. The number of guanidine groups is 1. The number of benzene rings is 1. The fraction of sp³-hybridized carbons (Fsp3) is 0.357. The predicted octanol–water partition coefficient (Wildman–Crippen LogP) is 2.94. The van der Waals surface area contributed by atoms with Gasteiger partial charge in [0.2, 0.25) is 0 Å². The second kappa shape index (κ2) is 10.9. The molecule has 1 aromatic rings. The van der Waals surface area contributed by atoms with E-state index in [1.54, 1.807) is 12.1 Å². The van der Waals surface area contributed by atoms with Gasteiger partial charge in [-0.2, -0.15) is 0 Å². The Morgan fingerprint density at radius 1 is 1.45 bits per heavy atom. The average molecular weight is 454 g/mol. The highest BCUT2D eigenvalue weighted by Crippen LogP contribution is 2.15. The van der Waals surface area contributed by atoms with E-state index in [2.05, 4.69) is 37.5 Å². The summed E-state index contributed by atoms with van der Waals surface area (Å²) in [6.45, 7) is 3.63. The summed E-state index contributed by atoms with van der Waals surface area (Å²) in [6.07, 6.45) is 5.72. The largest absolute Gasteiger partial charge is 0.357 e. The molecule has 0 bridgehead atoms. The molecule has 6 heteroatoms. The molecule has 0 unspecified atom stereocenters. The second-order valence-corrected chi connectivity index (χ2v) is 4.72. The lowest BCUT2D eigenvalue weighted by molar-refractivity contribution is 0.609. The van der Waals surface area contributed by atoms with E-state index in [-0.39, 0.29) is 29.8 Å². The first kappa shape index (κ1) is 19.2. The maximum atomic E-state index is 13.5. The molecule has 20 heavy (non-hydrogen) atoms. The Kier molecular flexibility index (Phi) is 10.5. The number of halogens is 3. The minimum atomic E-state index is -0.208. The number of nitrogens with one attached hydrogen (secondary N) is 2. The molecule has 0 saturated heterocycles. The van der Waals surface area contributed by atoms with Gasteiger partial charge in [0.15, 0.2) is 5.96 Å². The number of rotatable bonds is 5. The van der Waals surface area contributed by atoms with Crippen molar-refractivity contribution in [2.45, 2.75) is 13.3 Å². The lowest BCUT2D eigenvalue weighted by atomic mass is 10.1. The number of hydrogen-bond donors (Lipinski definition) is 2. The van der Waals surface area contributed by atoms with Gasteiger partial charge in [-0.3, -0.25) is 4.99 Å². The zero-order chi connectivity index (χ0) is 14.1. The van der Waals surface area contributed by atoms with E-state index in [0.717, 1.165) is 11.0 Å². The first-order chi connectivity index (χ1) is 9.17. The van der Waals surface area contributed by atoms with Crippen molar-refractivity contribution in [1.82, 2.24) is 10.6 Å². The summed E-state index contributed by atoms with van der Waals surface area (Å²) in [4.78, 5) is 4.33. The minimum Gasteiger partial charge on any atom is -0.357 e. The summed E-state index contributed by atoms with van der Waals surface area (Å²) in [7, 11) is 0. The number of aliphatic imine (C=N–C) groups is 1. The van der Waals surface area contributed by atoms with Crippen LogP contribution in [0.1, 0.15) is 12.5 Å². The maximum absolute atomic E-state index is 13.5. The van der Waals surface area contributed by atoms with E-state index < -0.39 is 0 Å². The molecule has 1 rings (SSSR count). The smallest absolute Gasteiger partial charge is 0.192 e. The standard InChI is InChI=1S/C14H17BrFN3.HI/c1-3-8-18-14(17-4-2)19-9-7-11-10-12(15)5-6-13(11)16;/h1,5-6,10H,4,7-9H2,2H3,(H2,17,18,19);1H. The van der Waals surface area contributed by atoms with Crippen LogP contribution in [0.2, 0.25) is 0 Å². The SMILES string of the molecule is C#CCNC(=NCCc1cc(Br)ccc1F)NCC.I. The molecule has 0 aliphatic rings. The summed E-state index contributed by atoms with van der Waals surface area (Å²) in [5.41, 5.74) is 0.644. The van der Waals surface area contributed by atoms with Gasteiger partial charge in [0.1, 0.15) is 5.82 Å². The molecule has 0 saturated carbocycles. The van der Waals surface area contributed by atoms with Gasteiger partial charge in [-0.15, -0.1) is 30.4 Å². The van der Waals surface area contributed by atoms with E-state index in [1.807, 2.05) is 6.92 Å². The van der Waals surface area contributed by atoms with Crippen LogP contribution < -0.4 is 10.6 Å². The van der Waals surface area contributed by atoms with Crippen molar-refractivity contribution in [1.29, 1.82) is 0 Å². The molecule has 0 heterocycles. The highest BCUT2D eigenvalue weighted by atomic mass is 127. The van der Waals surface area contributed by atoms with Crippen molar-refractivity contribution in [2.24, 2.45) is 4.99 Å². The molecular weight excluding hydrogens is 436 g/mol. The van der Waals surface area contributed by atoms with Gasteiger partial charge in [0.05, 0.1) is 6.54 Å². The van der Waals surface area contributed by atoms with Gasteiger partial charge in [-0.1, -0.05) is 21.9 Å². The molecule has 0 aliphatic carbocycles. The van der Waals surface area contributed by atoms with Crippen LogP contribution in [0.5, 0.6) is 0 Å². The highest BCUT2D eigenvalue weighted by Gasteiger charge is 2.02. The van der Waals surface area contributed by atoms with Gasteiger partial charge in [0, 0.05) is 17.6 Å². The summed E-state index contributed by atoms with van der Waals surface area (Å²) in [6, 6.07) is 4.90. The predicted molar refractivity (Wildman–Crippen MR) is 96.0 cm³/mol. The first-order valence-corrected chi connectivity index (χ1v) is 6.86. The van der Waals surface area contributed by atoms with Gasteiger partial charge in [0.25, 0.3) is 0 Å². The summed E-state index contributed by atoms with van der Waals surface area (Å²) in [5, 5.41) is 6.05. The molecule has 0 atom stereocenters. The van der Waals surface area contributed by atoms with Gasteiger partial charge in [-0.25, -0.2) is 4.39 Å². The van der Waals surface area contributed by atoms with Gasteiger partial charge >= 0.3 is 0 Å². The third kappa shape index (κ3) is 7.10. The molecule has 1 aromatic carbocycles. The number of terminal acetylenes is 1. The van der Waals surface area contributed by atoms with E-state index in [0.29, 0.717) is 31.0 Å². The number of hydrogen-bond acceptors (Lipinski definition) is 1. The minimum absolute atomic E-state index is 0. The van der Waals surface area contributed by atoms with Crippen LogP contribution in [0.15, 0.2) is 27.7 Å². The monoisotopic (exact) mass is 453 g/mol. The molecule has 2 N–H and O–H groups in total. The van der Waals surface area contributed by atoms with Crippen molar-refractivity contribution in [3.63, 3.8) is 0 Å². The van der Waals surface area contributed by atoms with E-state index in [9.17, 15) is 4.39 Å². The van der Waals surface area contributed by atoms with Crippen LogP contribution >= 0.6 is 39.9 Å². The Morgan fingerprint density at radius 2 is 2.20 bits per heavy atom. The molecule has 0 aliphatic heterocycles. The molecule has 0 aromatic heterocycles. The van der Waals surface area contributed by atoms with Crippen molar-refractivity contribution < 1.29 is 4.39 Å². The van der Waals surface area contributed by atoms with Crippen molar-refractivity contribution in [3.8, 4) is 12.3 Å². The Hall–Kier alpha value is -0.810. The second-order valence-electron chi connectivity index (χ2n) is 3.80. The maximum Gasteiger partial charge on any atom is 0.192 e. The fourth-order valence-corrected chi connectivity index (χ4v) is 1.91. The molecule has 0 spiro atoms. The van der Waals surface area contributed by atoms with Crippen LogP contribution in [-0.2, 0) is 6.42 Å².